The molecule has 2 atom stereocenters. The fourth-order valence-electron chi connectivity index (χ4n) is 2.61. The number of benzene rings is 1. The van der Waals surface area contributed by atoms with Gasteiger partial charge in [0, 0.05) is 0 Å². The van der Waals surface area contributed by atoms with Crippen molar-refractivity contribution in [3.8, 4) is 5.75 Å². The molecule has 0 spiro atoms. The number of rotatable bonds is 5. The SMILES string of the molecule is COc1ccc(C)cc1S(=O)(=O)N[C@@H]1CS(=O)(=O)C[C@@H]1NC(=O)C(Cl)(Cl)Cl. The molecule has 13 heteroatoms. The van der Waals surface area contributed by atoms with E-state index in [9.17, 15) is 21.6 Å². The molecule has 1 fully saturated rings. The maximum absolute atomic E-state index is 12.8. The number of amides is 1. The smallest absolute Gasteiger partial charge is 0.272 e. The summed E-state index contributed by atoms with van der Waals surface area (Å²) in [6.07, 6.45) is 0. The Labute approximate surface area is 172 Å². The number of carbonyl (C=O) groups is 1. The molecule has 1 aromatic rings. The van der Waals surface area contributed by atoms with Gasteiger partial charge in [-0.05, 0) is 24.6 Å². The predicted molar refractivity (Wildman–Crippen MR) is 103 cm³/mol. The van der Waals surface area contributed by atoms with E-state index in [1.165, 1.54) is 19.2 Å². The van der Waals surface area contributed by atoms with Gasteiger partial charge in [0.1, 0.15) is 10.6 Å². The zero-order valence-electron chi connectivity index (χ0n) is 14.2. The van der Waals surface area contributed by atoms with Crippen LogP contribution in [0.2, 0.25) is 0 Å². The highest BCUT2D eigenvalue weighted by atomic mass is 35.6. The molecule has 1 amide bonds. The Bertz CT molecular complexity index is 944. The van der Waals surface area contributed by atoms with Crippen molar-refractivity contribution in [1.29, 1.82) is 0 Å². The van der Waals surface area contributed by atoms with Gasteiger partial charge in [-0.1, -0.05) is 40.9 Å². The van der Waals surface area contributed by atoms with E-state index in [0.717, 1.165) is 0 Å². The summed E-state index contributed by atoms with van der Waals surface area (Å²) < 4.78 is 54.6. The Hall–Kier alpha value is -0.780. The zero-order valence-corrected chi connectivity index (χ0v) is 18.1. The maximum Gasteiger partial charge on any atom is 0.272 e. The lowest BCUT2D eigenvalue weighted by molar-refractivity contribution is -0.120. The number of methoxy groups -OCH3 is 1. The lowest BCUT2D eigenvalue weighted by Gasteiger charge is -2.23. The van der Waals surface area contributed by atoms with E-state index in [-0.39, 0.29) is 10.6 Å². The number of carbonyl (C=O) groups excluding carboxylic acids is 1. The molecule has 1 saturated heterocycles. The summed E-state index contributed by atoms with van der Waals surface area (Å²) in [5.74, 6) is -1.95. The van der Waals surface area contributed by atoms with Crippen LogP contribution in [0.15, 0.2) is 23.1 Å². The highest BCUT2D eigenvalue weighted by Gasteiger charge is 2.43. The molecule has 1 heterocycles. The van der Waals surface area contributed by atoms with Crippen LogP contribution in [-0.2, 0) is 24.7 Å². The van der Waals surface area contributed by atoms with Gasteiger partial charge in [-0.2, -0.15) is 0 Å². The number of nitrogens with one attached hydrogen (secondary N) is 2. The summed E-state index contributed by atoms with van der Waals surface area (Å²) in [6, 6.07) is 2.31. The van der Waals surface area contributed by atoms with E-state index in [1.807, 2.05) is 0 Å². The van der Waals surface area contributed by atoms with Gasteiger partial charge in [0.25, 0.3) is 9.70 Å². The number of sulfonamides is 1. The summed E-state index contributed by atoms with van der Waals surface area (Å²) in [4.78, 5) is 11.7. The first-order chi connectivity index (χ1) is 12.2. The van der Waals surface area contributed by atoms with Crippen LogP contribution in [0.3, 0.4) is 0 Å². The largest absolute Gasteiger partial charge is 0.495 e. The lowest BCUT2D eigenvalue weighted by atomic mass is 10.2. The molecule has 2 N–H and O–H groups in total. The molecule has 0 bridgehead atoms. The average Bonchev–Trinajstić information content (AvgIpc) is 2.79. The number of sulfone groups is 1. The predicted octanol–water partition coefficient (Wildman–Crippen LogP) is 0.934. The second-order valence-corrected chi connectivity index (χ2v) is 12.2. The topological polar surface area (TPSA) is 119 Å². The number of hydrogen-bond donors (Lipinski definition) is 2. The average molecular weight is 480 g/mol. The monoisotopic (exact) mass is 478 g/mol. The molecule has 0 saturated carbocycles. The molecule has 0 radical (unpaired) electrons. The van der Waals surface area contributed by atoms with Crippen molar-refractivity contribution in [3.63, 3.8) is 0 Å². The number of halogens is 3. The maximum atomic E-state index is 12.8. The minimum atomic E-state index is -4.15. The molecular weight excluding hydrogens is 463 g/mol. The first-order valence-electron chi connectivity index (χ1n) is 7.50. The van der Waals surface area contributed by atoms with Crippen LogP contribution in [0.5, 0.6) is 5.75 Å². The molecule has 0 aromatic heterocycles. The van der Waals surface area contributed by atoms with Crippen LogP contribution < -0.4 is 14.8 Å². The van der Waals surface area contributed by atoms with Crippen molar-refractivity contribution >= 4 is 60.6 Å². The van der Waals surface area contributed by atoms with Gasteiger partial charge in [-0.15, -0.1) is 0 Å². The van der Waals surface area contributed by atoms with Crippen molar-refractivity contribution in [2.75, 3.05) is 18.6 Å². The van der Waals surface area contributed by atoms with E-state index in [4.69, 9.17) is 39.5 Å². The Balaban J connectivity index is 2.32. The van der Waals surface area contributed by atoms with E-state index < -0.39 is 53.1 Å². The van der Waals surface area contributed by atoms with Crippen LogP contribution in [0.1, 0.15) is 5.56 Å². The molecule has 1 aliphatic heterocycles. The van der Waals surface area contributed by atoms with E-state index >= 15 is 0 Å². The Morgan fingerprint density at radius 1 is 1.22 bits per heavy atom. The first kappa shape index (κ1) is 22.5. The third-order valence-corrected chi connectivity index (χ3v) is 7.60. The molecule has 27 heavy (non-hydrogen) atoms. The minimum Gasteiger partial charge on any atom is -0.495 e. The number of aryl methyl sites for hydroxylation is 1. The molecule has 2 rings (SSSR count). The Kier molecular flexibility index (Phi) is 6.60. The number of hydrogen-bond acceptors (Lipinski definition) is 6. The van der Waals surface area contributed by atoms with E-state index in [2.05, 4.69) is 10.0 Å². The normalized spacial score (nSPS) is 22.4. The van der Waals surface area contributed by atoms with Crippen molar-refractivity contribution in [1.82, 2.24) is 10.0 Å². The second-order valence-electron chi connectivity index (χ2n) is 6.04. The molecule has 8 nitrogen and oxygen atoms in total. The van der Waals surface area contributed by atoms with Gasteiger partial charge in [0.05, 0.1) is 30.7 Å². The number of alkyl halides is 3. The Morgan fingerprint density at radius 2 is 1.81 bits per heavy atom. The van der Waals surface area contributed by atoms with Crippen molar-refractivity contribution in [3.05, 3.63) is 23.8 Å². The summed E-state index contributed by atoms with van der Waals surface area (Å²) in [6.45, 7) is 1.70. The highest BCUT2D eigenvalue weighted by Crippen LogP contribution is 2.28. The van der Waals surface area contributed by atoms with Crippen molar-refractivity contribution < 1.29 is 26.4 Å². The van der Waals surface area contributed by atoms with Crippen molar-refractivity contribution in [2.45, 2.75) is 27.7 Å². The third-order valence-electron chi connectivity index (χ3n) is 3.84. The summed E-state index contributed by atoms with van der Waals surface area (Å²) in [5, 5.41) is 2.27. The van der Waals surface area contributed by atoms with E-state index in [0.29, 0.717) is 5.56 Å². The molecule has 1 aliphatic rings. The summed E-state index contributed by atoms with van der Waals surface area (Å²) in [7, 11) is -6.46. The molecule has 1 aromatic carbocycles. The van der Waals surface area contributed by atoms with Gasteiger partial charge in [0.15, 0.2) is 9.84 Å². The van der Waals surface area contributed by atoms with Gasteiger partial charge in [-0.3, -0.25) is 4.79 Å². The van der Waals surface area contributed by atoms with Gasteiger partial charge >= 0.3 is 0 Å². The van der Waals surface area contributed by atoms with Crippen LogP contribution in [0.25, 0.3) is 0 Å². The van der Waals surface area contributed by atoms with Gasteiger partial charge in [0.2, 0.25) is 10.0 Å². The quantitative estimate of drug-likeness (QED) is 0.607. The van der Waals surface area contributed by atoms with Crippen molar-refractivity contribution in [2.24, 2.45) is 0 Å². The standard InChI is InChI=1S/C14H17Cl3N2O6S2/c1-8-3-4-11(25-2)12(5-8)27(23,24)19-10-7-26(21,22)6-9(10)18-13(20)14(15,16)17/h3-5,9-10,19H,6-7H2,1-2H3,(H,18,20)/t9-,10+/m0/s1. The zero-order chi connectivity index (χ0) is 20.6. The van der Waals surface area contributed by atoms with Crippen LogP contribution in [0.4, 0.5) is 0 Å². The highest BCUT2D eigenvalue weighted by molar-refractivity contribution is 7.92. The molecule has 152 valence electrons. The number of ether oxygens (including phenoxy) is 1. The summed E-state index contributed by atoms with van der Waals surface area (Å²) >= 11 is 16.4. The molecule has 0 aliphatic carbocycles. The lowest BCUT2D eigenvalue weighted by Crippen LogP contribution is -2.53. The summed E-state index contributed by atoms with van der Waals surface area (Å²) in [5.41, 5.74) is 0.663. The van der Waals surface area contributed by atoms with Crippen LogP contribution in [-0.4, -0.2) is 57.2 Å². The van der Waals surface area contributed by atoms with E-state index in [1.54, 1.807) is 13.0 Å². The van der Waals surface area contributed by atoms with Gasteiger partial charge in [-0.25, -0.2) is 21.6 Å². The fourth-order valence-corrected chi connectivity index (χ4v) is 6.27. The van der Waals surface area contributed by atoms with Crippen LogP contribution in [0, 0.1) is 6.92 Å². The first-order valence-corrected chi connectivity index (χ1v) is 11.9. The Morgan fingerprint density at radius 3 is 2.37 bits per heavy atom. The fraction of sp³-hybridized carbons (Fsp3) is 0.500. The molecular formula is C14H17Cl3N2O6S2. The molecule has 0 unspecified atom stereocenters. The second kappa shape index (κ2) is 7.92. The third kappa shape index (κ3) is 5.61. The van der Waals surface area contributed by atoms with Crippen LogP contribution >= 0.6 is 34.8 Å². The van der Waals surface area contributed by atoms with Gasteiger partial charge < -0.3 is 10.1 Å². The minimum absolute atomic E-state index is 0.0934.